The van der Waals surface area contributed by atoms with Crippen LogP contribution < -0.4 is 0 Å². The summed E-state index contributed by atoms with van der Waals surface area (Å²) in [6.45, 7) is 14.4. The summed E-state index contributed by atoms with van der Waals surface area (Å²) in [6.07, 6.45) is 52.3. The first-order valence-electron chi connectivity index (χ1n) is 28.8. The average Bonchev–Trinajstić information content (AvgIpc) is 3.35. The van der Waals surface area contributed by atoms with Gasteiger partial charge in [-0.25, -0.2) is 0 Å². The minimum atomic E-state index is -0.135. The van der Waals surface area contributed by atoms with E-state index < -0.39 is 0 Å². The monoisotopic (exact) mass is 941 g/mol. The quantitative estimate of drug-likeness (QED) is 0.0473. The van der Waals surface area contributed by atoms with E-state index in [2.05, 4.69) is 20.4 Å². The highest BCUT2D eigenvalue weighted by atomic mass is 16.7. The smallest absolute Gasteiger partial charge is 0.157 e. The SMILES string of the molecule is C=CCO[C@H](COCCCCCCCCCCCCCCCCCC)COC1CCCCO1.CCCCCCCCCCCCCCCCCCOC[C@H](COC1CCCCO1)OCCO. The van der Waals surface area contributed by atoms with Crippen molar-refractivity contribution in [1.29, 1.82) is 0 Å². The predicted octanol–water partition coefficient (Wildman–Crippen LogP) is 15.6. The molecule has 66 heavy (non-hydrogen) atoms. The van der Waals surface area contributed by atoms with Crippen molar-refractivity contribution >= 4 is 0 Å². The molecule has 9 heteroatoms. The minimum Gasteiger partial charge on any atom is -0.394 e. The van der Waals surface area contributed by atoms with Gasteiger partial charge in [0.1, 0.15) is 12.2 Å². The van der Waals surface area contributed by atoms with Gasteiger partial charge >= 0.3 is 0 Å². The van der Waals surface area contributed by atoms with Gasteiger partial charge in [0.25, 0.3) is 0 Å². The van der Waals surface area contributed by atoms with Crippen molar-refractivity contribution in [3.05, 3.63) is 12.7 Å². The van der Waals surface area contributed by atoms with Gasteiger partial charge in [0.2, 0.25) is 0 Å². The molecule has 4 atom stereocenters. The first-order valence-corrected chi connectivity index (χ1v) is 28.8. The Morgan fingerprint density at radius 2 is 0.773 bits per heavy atom. The van der Waals surface area contributed by atoms with Crippen molar-refractivity contribution in [3.63, 3.8) is 0 Å². The number of aliphatic hydroxyl groups is 1. The summed E-state index contributed by atoms with van der Waals surface area (Å²) in [5, 5.41) is 9.03. The molecule has 0 amide bonds. The van der Waals surface area contributed by atoms with E-state index in [1.807, 2.05) is 0 Å². The van der Waals surface area contributed by atoms with E-state index in [4.69, 9.17) is 43.0 Å². The number of hydrogen-bond donors (Lipinski definition) is 1. The fourth-order valence-electron chi connectivity index (χ4n) is 8.76. The third-order valence-electron chi connectivity index (χ3n) is 13.0. The van der Waals surface area contributed by atoms with Crippen LogP contribution in [0.25, 0.3) is 0 Å². The van der Waals surface area contributed by atoms with Gasteiger partial charge in [-0.15, -0.1) is 6.58 Å². The van der Waals surface area contributed by atoms with E-state index in [1.165, 1.54) is 199 Å². The van der Waals surface area contributed by atoms with Gasteiger partial charge in [0, 0.05) is 26.4 Å². The molecule has 2 fully saturated rings. The summed E-state index contributed by atoms with van der Waals surface area (Å²) in [7, 11) is 0. The van der Waals surface area contributed by atoms with E-state index in [-0.39, 0.29) is 31.4 Å². The Morgan fingerprint density at radius 3 is 1.08 bits per heavy atom. The van der Waals surface area contributed by atoms with Crippen LogP contribution in [-0.2, 0) is 37.9 Å². The van der Waals surface area contributed by atoms with Crippen molar-refractivity contribution in [2.75, 3.05) is 72.7 Å². The lowest BCUT2D eigenvalue weighted by atomic mass is 10.0. The Kier molecular flexibility index (Phi) is 51.6. The van der Waals surface area contributed by atoms with Crippen LogP contribution in [0.4, 0.5) is 0 Å². The first-order chi connectivity index (χ1) is 32.7. The van der Waals surface area contributed by atoms with E-state index >= 15 is 0 Å². The van der Waals surface area contributed by atoms with Crippen LogP contribution in [0, 0.1) is 0 Å². The van der Waals surface area contributed by atoms with E-state index in [9.17, 15) is 0 Å². The maximum Gasteiger partial charge on any atom is 0.157 e. The molecule has 0 aliphatic carbocycles. The summed E-state index contributed by atoms with van der Waals surface area (Å²) in [6, 6.07) is 0. The molecule has 0 spiro atoms. The zero-order valence-electron chi connectivity index (χ0n) is 44.0. The molecule has 0 radical (unpaired) electrons. The summed E-state index contributed by atoms with van der Waals surface area (Å²) < 4.78 is 46.1. The van der Waals surface area contributed by atoms with Gasteiger partial charge in [-0.3, -0.25) is 0 Å². The number of ether oxygens (including phenoxy) is 8. The Hall–Kier alpha value is -0.620. The molecule has 0 aromatic carbocycles. The molecule has 0 bridgehead atoms. The number of unbranched alkanes of at least 4 members (excludes halogenated alkanes) is 30. The minimum absolute atomic E-state index is 0.0234. The van der Waals surface area contributed by atoms with Crippen molar-refractivity contribution in [3.8, 4) is 0 Å². The van der Waals surface area contributed by atoms with Crippen LogP contribution in [0.15, 0.2) is 12.7 Å². The molecule has 2 saturated heterocycles. The van der Waals surface area contributed by atoms with Crippen LogP contribution in [-0.4, -0.2) is 103 Å². The number of rotatable bonds is 50. The highest BCUT2D eigenvalue weighted by Crippen LogP contribution is 2.18. The van der Waals surface area contributed by atoms with Crippen molar-refractivity contribution in [2.45, 2.75) is 283 Å². The highest BCUT2D eigenvalue weighted by Gasteiger charge is 2.19. The van der Waals surface area contributed by atoms with E-state index in [0.29, 0.717) is 39.6 Å². The van der Waals surface area contributed by atoms with E-state index in [1.54, 1.807) is 6.08 Å². The molecule has 2 aliphatic rings. The van der Waals surface area contributed by atoms with Gasteiger partial charge in [-0.1, -0.05) is 213 Å². The zero-order valence-corrected chi connectivity index (χ0v) is 44.0. The molecule has 2 rings (SSSR count). The third-order valence-corrected chi connectivity index (χ3v) is 13.0. The van der Waals surface area contributed by atoms with Crippen LogP contribution >= 0.6 is 0 Å². The zero-order chi connectivity index (χ0) is 47.3. The molecule has 2 aliphatic heterocycles. The molecule has 9 nitrogen and oxygen atoms in total. The fraction of sp³-hybridized carbons (Fsp3) is 0.965. The van der Waals surface area contributed by atoms with Gasteiger partial charge < -0.3 is 43.0 Å². The lowest BCUT2D eigenvalue weighted by Gasteiger charge is -2.25. The van der Waals surface area contributed by atoms with Crippen LogP contribution in [0.5, 0.6) is 0 Å². The molecular weight excluding hydrogens is 829 g/mol. The molecule has 2 unspecified atom stereocenters. The lowest BCUT2D eigenvalue weighted by Crippen LogP contribution is -2.31. The predicted molar refractivity (Wildman–Crippen MR) is 277 cm³/mol. The molecular formula is C57H112O9. The van der Waals surface area contributed by atoms with Crippen LogP contribution in [0.1, 0.15) is 258 Å². The standard InChI is InChI=1S/C29H56O4.C28H56O5/c1-3-5-6-7-8-9-10-11-12-13-14-15-16-17-18-20-24-30-26-28(31-23-4-2)27-33-29-22-19-21-25-32-29;1-2-3-4-5-6-7-8-9-10-11-12-13-14-15-16-18-22-30-25-27(31-24-21-29)26-33-28-20-17-19-23-32-28/h4,28-29H,2-3,5-27H2,1H3;27-29H,2-26H2,1H3/t28-,29?;27-,28?/m11/s1. The van der Waals surface area contributed by atoms with Gasteiger partial charge in [0.05, 0.1) is 46.2 Å². The van der Waals surface area contributed by atoms with Crippen LogP contribution in [0.2, 0.25) is 0 Å². The summed E-state index contributed by atoms with van der Waals surface area (Å²) in [5.41, 5.74) is 0. The van der Waals surface area contributed by atoms with Crippen molar-refractivity contribution in [1.82, 2.24) is 0 Å². The number of aliphatic hydroxyl groups excluding tert-OH is 1. The van der Waals surface area contributed by atoms with Crippen molar-refractivity contribution < 1.29 is 43.0 Å². The fourth-order valence-corrected chi connectivity index (χ4v) is 8.76. The van der Waals surface area contributed by atoms with Gasteiger partial charge in [-0.05, 0) is 51.4 Å². The van der Waals surface area contributed by atoms with Gasteiger partial charge in [0.15, 0.2) is 12.6 Å². The van der Waals surface area contributed by atoms with Crippen LogP contribution in [0.3, 0.4) is 0 Å². The summed E-state index contributed by atoms with van der Waals surface area (Å²) >= 11 is 0. The maximum absolute atomic E-state index is 9.03. The average molecular weight is 942 g/mol. The maximum atomic E-state index is 9.03. The summed E-state index contributed by atoms with van der Waals surface area (Å²) in [4.78, 5) is 0. The Balaban J connectivity index is 0.000000660. The lowest BCUT2D eigenvalue weighted by molar-refractivity contribution is -0.185. The topological polar surface area (TPSA) is 94.1 Å². The van der Waals surface area contributed by atoms with E-state index in [0.717, 1.165) is 71.4 Å². The second-order valence-corrected chi connectivity index (χ2v) is 19.5. The molecule has 0 saturated carbocycles. The molecule has 1 N–H and O–H groups in total. The molecule has 394 valence electrons. The largest absolute Gasteiger partial charge is 0.394 e. The van der Waals surface area contributed by atoms with Gasteiger partial charge in [-0.2, -0.15) is 0 Å². The molecule has 0 aromatic heterocycles. The first kappa shape index (κ1) is 63.4. The Morgan fingerprint density at radius 1 is 0.439 bits per heavy atom. The highest BCUT2D eigenvalue weighted by molar-refractivity contribution is 4.68. The Bertz CT molecular complexity index is 912. The normalized spacial score (nSPS) is 17.4. The number of hydrogen-bond acceptors (Lipinski definition) is 9. The molecule has 0 aromatic rings. The second-order valence-electron chi connectivity index (χ2n) is 19.5. The summed E-state index contributed by atoms with van der Waals surface area (Å²) in [5.74, 6) is 0. The molecule has 2 heterocycles. The Labute approximate surface area is 409 Å². The second kappa shape index (κ2) is 53.7. The van der Waals surface area contributed by atoms with Crippen molar-refractivity contribution in [2.24, 2.45) is 0 Å². The third kappa shape index (κ3) is 45.8.